The van der Waals surface area contributed by atoms with Gasteiger partial charge in [0.2, 0.25) is 5.91 Å². The Bertz CT molecular complexity index is 438. The summed E-state index contributed by atoms with van der Waals surface area (Å²) in [4.78, 5) is 15.6. The molecule has 1 saturated heterocycles. The molecule has 1 aliphatic heterocycles. The lowest BCUT2D eigenvalue weighted by Crippen LogP contribution is -2.57. The molecule has 5 heteroatoms. The molecule has 1 atom stereocenters. The first kappa shape index (κ1) is 12.8. The summed E-state index contributed by atoms with van der Waals surface area (Å²) in [5, 5.41) is 3.08. The zero-order chi connectivity index (χ0) is 13.1. The Kier molecular flexibility index (Phi) is 3.81. The number of halogens is 1. The van der Waals surface area contributed by atoms with Gasteiger partial charge < -0.3 is 15.1 Å². The van der Waals surface area contributed by atoms with Crippen LogP contribution >= 0.6 is 0 Å². The van der Waals surface area contributed by atoms with Crippen LogP contribution in [0.3, 0.4) is 0 Å². The van der Waals surface area contributed by atoms with E-state index in [4.69, 9.17) is 0 Å². The summed E-state index contributed by atoms with van der Waals surface area (Å²) >= 11 is 0. The highest BCUT2D eigenvalue weighted by Crippen LogP contribution is 2.19. The number of nitrogens with zero attached hydrogens (tertiary/aromatic N) is 2. The first-order valence-electron chi connectivity index (χ1n) is 6.02. The number of likely N-dealkylation sites (N-methyl/N-ethyl adjacent to an activating group) is 2. The highest BCUT2D eigenvalue weighted by molar-refractivity contribution is 5.83. The number of amides is 1. The van der Waals surface area contributed by atoms with Crippen LogP contribution in [0.5, 0.6) is 0 Å². The quantitative estimate of drug-likeness (QED) is 0.858. The van der Waals surface area contributed by atoms with Gasteiger partial charge in [0.15, 0.2) is 0 Å². The third-order valence-corrected chi connectivity index (χ3v) is 3.31. The van der Waals surface area contributed by atoms with Crippen LogP contribution in [0, 0.1) is 5.82 Å². The average Bonchev–Trinajstić information content (AvgIpc) is 2.35. The number of nitrogens with one attached hydrogen (secondary N) is 1. The monoisotopic (exact) mass is 251 g/mol. The molecule has 1 amide bonds. The van der Waals surface area contributed by atoms with Gasteiger partial charge in [0.25, 0.3) is 0 Å². The lowest BCUT2D eigenvalue weighted by molar-refractivity contribution is -0.131. The van der Waals surface area contributed by atoms with Crippen molar-refractivity contribution in [2.45, 2.75) is 6.04 Å². The minimum absolute atomic E-state index is 0.0609. The van der Waals surface area contributed by atoms with Gasteiger partial charge in [0.05, 0.1) is 12.6 Å². The van der Waals surface area contributed by atoms with Crippen LogP contribution in [0.25, 0.3) is 0 Å². The van der Waals surface area contributed by atoms with E-state index in [2.05, 4.69) is 5.32 Å². The van der Waals surface area contributed by atoms with Gasteiger partial charge in [0, 0.05) is 25.8 Å². The Morgan fingerprint density at radius 3 is 2.94 bits per heavy atom. The van der Waals surface area contributed by atoms with E-state index in [0.29, 0.717) is 13.1 Å². The van der Waals surface area contributed by atoms with Crippen molar-refractivity contribution in [3.8, 4) is 0 Å². The molecule has 1 heterocycles. The Morgan fingerprint density at radius 2 is 2.28 bits per heavy atom. The van der Waals surface area contributed by atoms with Gasteiger partial charge in [0.1, 0.15) is 5.82 Å². The average molecular weight is 251 g/mol. The summed E-state index contributed by atoms with van der Waals surface area (Å²) in [5.41, 5.74) is 0.762. The van der Waals surface area contributed by atoms with Crippen LogP contribution < -0.4 is 10.2 Å². The molecule has 1 aromatic carbocycles. The van der Waals surface area contributed by atoms with Crippen molar-refractivity contribution >= 4 is 11.6 Å². The second-order valence-electron chi connectivity index (χ2n) is 4.58. The topological polar surface area (TPSA) is 35.6 Å². The molecule has 4 nitrogen and oxygen atoms in total. The minimum Gasteiger partial charge on any atom is -0.360 e. The SMILES string of the molecule is CNCC1CN(c2cccc(F)c2)CC(=O)N1C. The maximum atomic E-state index is 13.2. The van der Waals surface area contributed by atoms with Crippen LogP contribution in [0.1, 0.15) is 0 Å². The predicted octanol–water partition coefficient (Wildman–Crippen LogP) is 0.692. The van der Waals surface area contributed by atoms with Crippen molar-refractivity contribution in [3.63, 3.8) is 0 Å². The molecule has 0 bridgehead atoms. The van der Waals surface area contributed by atoms with Crippen LogP contribution in [0.2, 0.25) is 0 Å². The first-order chi connectivity index (χ1) is 8.61. The number of piperazine rings is 1. The molecular formula is C13H18FN3O. The zero-order valence-corrected chi connectivity index (χ0v) is 10.7. The largest absolute Gasteiger partial charge is 0.360 e. The molecule has 98 valence electrons. The lowest BCUT2D eigenvalue weighted by Gasteiger charge is -2.40. The Hall–Kier alpha value is -1.62. The van der Waals surface area contributed by atoms with E-state index in [1.165, 1.54) is 12.1 Å². The molecule has 0 saturated carbocycles. The molecule has 1 fully saturated rings. The maximum absolute atomic E-state index is 13.2. The summed E-state index contributed by atoms with van der Waals surface area (Å²) in [6, 6.07) is 6.49. The van der Waals surface area contributed by atoms with Crippen molar-refractivity contribution in [2.24, 2.45) is 0 Å². The maximum Gasteiger partial charge on any atom is 0.242 e. The zero-order valence-electron chi connectivity index (χ0n) is 10.7. The number of carbonyl (C=O) groups is 1. The highest BCUT2D eigenvalue weighted by atomic mass is 19.1. The lowest BCUT2D eigenvalue weighted by atomic mass is 10.1. The normalized spacial score (nSPS) is 20.4. The highest BCUT2D eigenvalue weighted by Gasteiger charge is 2.29. The second-order valence-corrected chi connectivity index (χ2v) is 4.58. The first-order valence-corrected chi connectivity index (χ1v) is 6.02. The van der Waals surface area contributed by atoms with E-state index < -0.39 is 0 Å². The van der Waals surface area contributed by atoms with Crippen LogP contribution in [0.15, 0.2) is 24.3 Å². The molecule has 1 aliphatic rings. The molecular weight excluding hydrogens is 233 g/mol. The van der Waals surface area contributed by atoms with Gasteiger partial charge in [-0.3, -0.25) is 4.79 Å². The smallest absolute Gasteiger partial charge is 0.242 e. The fraction of sp³-hybridized carbons (Fsp3) is 0.462. The van der Waals surface area contributed by atoms with Gasteiger partial charge >= 0.3 is 0 Å². The molecule has 2 rings (SSSR count). The number of hydrogen-bond acceptors (Lipinski definition) is 3. The summed E-state index contributed by atoms with van der Waals surface area (Å²) in [5.74, 6) is -0.213. The van der Waals surface area contributed by atoms with Crippen molar-refractivity contribution in [1.82, 2.24) is 10.2 Å². The van der Waals surface area contributed by atoms with E-state index in [-0.39, 0.29) is 17.8 Å². The van der Waals surface area contributed by atoms with E-state index in [9.17, 15) is 9.18 Å². The molecule has 0 radical (unpaired) electrons. The van der Waals surface area contributed by atoms with E-state index in [1.807, 2.05) is 25.1 Å². The van der Waals surface area contributed by atoms with Gasteiger partial charge in [-0.15, -0.1) is 0 Å². The molecule has 1 unspecified atom stereocenters. The molecule has 0 aliphatic carbocycles. The standard InChI is InChI=1S/C13H18FN3O/c1-15-7-12-8-17(9-13(18)16(12)2)11-5-3-4-10(14)6-11/h3-6,12,15H,7-9H2,1-2H3. The molecule has 18 heavy (non-hydrogen) atoms. The third-order valence-electron chi connectivity index (χ3n) is 3.31. The summed E-state index contributed by atoms with van der Waals surface area (Å²) in [6.07, 6.45) is 0. The summed E-state index contributed by atoms with van der Waals surface area (Å²) in [6.45, 7) is 1.75. The van der Waals surface area contributed by atoms with Gasteiger partial charge in [-0.1, -0.05) is 6.07 Å². The van der Waals surface area contributed by atoms with Crippen molar-refractivity contribution in [3.05, 3.63) is 30.1 Å². The fourth-order valence-electron chi connectivity index (χ4n) is 2.23. The van der Waals surface area contributed by atoms with Crippen LogP contribution in [-0.4, -0.2) is 50.6 Å². The Morgan fingerprint density at radius 1 is 1.50 bits per heavy atom. The van der Waals surface area contributed by atoms with E-state index >= 15 is 0 Å². The minimum atomic E-state index is -0.274. The van der Waals surface area contributed by atoms with Gasteiger partial charge in [-0.2, -0.15) is 0 Å². The third kappa shape index (κ3) is 2.61. The number of hydrogen-bond donors (Lipinski definition) is 1. The molecule has 0 aromatic heterocycles. The van der Waals surface area contributed by atoms with Gasteiger partial charge in [-0.05, 0) is 25.2 Å². The Labute approximate surface area is 106 Å². The number of rotatable bonds is 3. The fourth-order valence-corrected chi connectivity index (χ4v) is 2.23. The number of carbonyl (C=O) groups excluding carboxylic acids is 1. The Balaban J connectivity index is 2.17. The van der Waals surface area contributed by atoms with Gasteiger partial charge in [-0.25, -0.2) is 4.39 Å². The molecule has 0 spiro atoms. The molecule has 1 N–H and O–H groups in total. The van der Waals surface area contributed by atoms with E-state index in [0.717, 1.165) is 12.2 Å². The number of benzene rings is 1. The van der Waals surface area contributed by atoms with Crippen molar-refractivity contribution in [2.75, 3.05) is 38.6 Å². The van der Waals surface area contributed by atoms with Crippen LogP contribution in [-0.2, 0) is 4.79 Å². The summed E-state index contributed by atoms with van der Waals surface area (Å²) in [7, 11) is 3.67. The number of anilines is 1. The predicted molar refractivity (Wildman–Crippen MR) is 69.1 cm³/mol. The van der Waals surface area contributed by atoms with E-state index in [1.54, 1.807) is 11.0 Å². The van der Waals surface area contributed by atoms with Crippen molar-refractivity contribution < 1.29 is 9.18 Å². The van der Waals surface area contributed by atoms with Crippen LogP contribution in [0.4, 0.5) is 10.1 Å². The summed E-state index contributed by atoms with van der Waals surface area (Å²) < 4.78 is 13.2. The second kappa shape index (κ2) is 5.35. The van der Waals surface area contributed by atoms with Crippen molar-refractivity contribution in [1.29, 1.82) is 0 Å². The molecule has 1 aromatic rings.